The maximum absolute atomic E-state index is 7.99. The largest absolute Gasteiger partial charge is 0.360 e. The van der Waals surface area contributed by atoms with E-state index in [1.54, 1.807) is 0 Å². The lowest BCUT2D eigenvalue weighted by Gasteiger charge is -2.27. The molecule has 0 unspecified atom stereocenters. The minimum absolute atomic E-state index is 0.638. The highest BCUT2D eigenvalue weighted by molar-refractivity contribution is 5.83. The third-order valence-electron chi connectivity index (χ3n) is 3.16. The van der Waals surface area contributed by atoms with Crippen molar-refractivity contribution in [3.8, 4) is 0 Å². The van der Waals surface area contributed by atoms with Crippen molar-refractivity contribution in [1.82, 2.24) is 4.90 Å². The minimum Gasteiger partial charge on any atom is -0.360 e. The fourth-order valence-corrected chi connectivity index (χ4v) is 2.10. The lowest BCUT2D eigenvalue weighted by Crippen LogP contribution is -2.34. The molecule has 0 aromatic carbocycles. The van der Waals surface area contributed by atoms with E-state index in [-0.39, 0.29) is 0 Å². The number of likely N-dealkylation sites (tertiary alicyclic amines) is 1. The van der Waals surface area contributed by atoms with Crippen molar-refractivity contribution in [2.24, 2.45) is 5.92 Å². The van der Waals surface area contributed by atoms with Crippen molar-refractivity contribution in [3.63, 3.8) is 0 Å². The maximum Gasteiger partial charge on any atom is 0.0989 e. The van der Waals surface area contributed by atoms with Gasteiger partial charge in [-0.1, -0.05) is 19.3 Å². The Kier molecular flexibility index (Phi) is 2.87. The second-order valence-corrected chi connectivity index (χ2v) is 4.41. The summed E-state index contributed by atoms with van der Waals surface area (Å²) in [6.45, 7) is 2.30. The van der Waals surface area contributed by atoms with E-state index in [4.69, 9.17) is 5.41 Å². The molecule has 2 heteroatoms. The van der Waals surface area contributed by atoms with E-state index >= 15 is 0 Å². The third-order valence-corrected chi connectivity index (χ3v) is 3.16. The van der Waals surface area contributed by atoms with Gasteiger partial charge in [0.25, 0.3) is 0 Å². The van der Waals surface area contributed by atoms with E-state index in [0.717, 1.165) is 18.9 Å². The van der Waals surface area contributed by atoms with Gasteiger partial charge in [-0.2, -0.15) is 0 Å². The Balaban J connectivity index is 1.83. The van der Waals surface area contributed by atoms with Crippen molar-refractivity contribution in [2.75, 3.05) is 13.1 Å². The maximum atomic E-state index is 7.99. The van der Waals surface area contributed by atoms with Crippen LogP contribution in [-0.4, -0.2) is 23.8 Å². The Bertz CT molecular complexity index is 177. The summed E-state index contributed by atoms with van der Waals surface area (Å²) < 4.78 is 0. The molecule has 0 amide bonds. The van der Waals surface area contributed by atoms with Gasteiger partial charge in [0.15, 0.2) is 0 Å². The van der Waals surface area contributed by atoms with Crippen LogP contribution in [0.1, 0.15) is 44.9 Å². The molecule has 74 valence electrons. The van der Waals surface area contributed by atoms with Crippen molar-refractivity contribution < 1.29 is 0 Å². The van der Waals surface area contributed by atoms with Crippen LogP contribution in [0.2, 0.25) is 0 Å². The number of hydrogen-bond donors (Lipinski definition) is 1. The van der Waals surface area contributed by atoms with Crippen LogP contribution >= 0.6 is 0 Å². The number of amidine groups is 1. The summed E-state index contributed by atoms with van der Waals surface area (Å²) in [6, 6.07) is 0. The summed E-state index contributed by atoms with van der Waals surface area (Å²) >= 11 is 0. The molecule has 0 aromatic rings. The molecule has 1 aliphatic carbocycles. The summed E-state index contributed by atoms with van der Waals surface area (Å²) in [7, 11) is 0. The van der Waals surface area contributed by atoms with Gasteiger partial charge in [0.1, 0.15) is 0 Å². The SMILES string of the molecule is N=C(C1CC1)N1CCCCCCC1. The first kappa shape index (κ1) is 9.04. The van der Waals surface area contributed by atoms with Gasteiger partial charge in [-0.05, 0) is 25.7 Å². The van der Waals surface area contributed by atoms with Gasteiger partial charge in [0.2, 0.25) is 0 Å². The molecule has 0 bridgehead atoms. The first-order valence-corrected chi connectivity index (χ1v) is 5.71. The molecule has 2 aliphatic rings. The van der Waals surface area contributed by atoms with E-state index in [2.05, 4.69) is 4.90 Å². The first-order valence-electron chi connectivity index (χ1n) is 5.71. The Morgan fingerprint density at radius 2 is 1.46 bits per heavy atom. The highest BCUT2D eigenvalue weighted by Crippen LogP contribution is 2.31. The average Bonchev–Trinajstić information content (AvgIpc) is 2.84. The van der Waals surface area contributed by atoms with E-state index < -0.39 is 0 Å². The van der Waals surface area contributed by atoms with Crippen LogP contribution in [0.4, 0.5) is 0 Å². The second kappa shape index (κ2) is 4.12. The smallest absolute Gasteiger partial charge is 0.0989 e. The van der Waals surface area contributed by atoms with Gasteiger partial charge in [0.05, 0.1) is 5.84 Å². The quantitative estimate of drug-likeness (QED) is 0.487. The molecule has 1 aliphatic heterocycles. The molecular weight excluding hydrogens is 160 g/mol. The standard InChI is InChI=1S/C11H20N2/c12-11(10-6-7-10)13-8-4-2-1-3-5-9-13/h10,12H,1-9H2. The molecule has 1 N–H and O–H groups in total. The van der Waals surface area contributed by atoms with E-state index in [1.165, 1.54) is 44.9 Å². The molecule has 1 saturated heterocycles. The molecule has 0 spiro atoms. The van der Waals surface area contributed by atoms with Crippen LogP contribution in [0.5, 0.6) is 0 Å². The van der Waals surface area contributed by atoms with Gasteiger partial charge in [-0.15, -0.1) is 0 Å². The van der Waals surface area contributed by atoms with Crippen LogP contribution in [0.3, 0.4) is 0 Å². The predicted molar refractivity (Wildman–Crippen MR) is 55.1 cm³/mol. The zero-order valence-corrected chi connectivity index (χ0v) is 8.39. The van der Waals surface area contributed by atoms with Crippen LogP contribution < -0.4 is 0 Å². The molecule has 0 atom stereocenters. The molecule has 1 saturated carbocycles. The van der Waals surface area contributed by atoms with Crippen LogP contribution in [0.25, 0.3) is 0 Å². The predicted octanol–water partition coefficient (Wildman–Crippen LogP) is 2.64. The van der Waals surface area contributed by atoms with E-state index in [0.29, 0.717) is 5.92 Å². The van der Waals surface area contributed by atoms with Crippen LogP contribution in [-0.2, 0) is 0 Å². The lowest BCUT2D eigenvalue weighted by molar-refractivity contribution is 0.352. The molecule has 2 nitrogen and oxygen atoms in total. The molecular formula is C11H20N2. The van der Waals surface area contributed by atoms with Crippen LogP contribution in [0.15, 0.2) is 0 Å². The number of nitrogens with zero attached hydrogens (tertiary/aromatic N) is 1. The summed E-state index contributed by atoms with van der Waals surface area (Å²) in [4.78, 5) is 2.33. The third kappa shape index (κ3) is 2.45. The molecule has 2 fully saturated rings. The summed E-state index contributed by atoms with van der Waals surface area (Å²) in [5.74, 6) is 1.58. The fourth-order valence-electron chi connectivity index (χ4n) is 2.10. The fraction of sp³-hybridized carbons (Fsp3) is 0.909. The summed E-state index contributed by atoms with van der Waals surface area (Å²) in [5, 5.41) is 7.99. The van der Waals surface area contributed by atoms with Gasteiger partial charge in [-0.3, -0.25) is 5.41 Å². The van der Waals surface area contributed by atoms with Gasteiger partial charge in [-0.25, -0.2) is 0 Å². The van der Waals surface area contributed by atoms with Crippen molar-refractivity contribution in [1.29, 1.82) is 5.41 Å². The van der Waals surface area contributed by atoms with E-state index in [1.807, 2.05) is 0 Å². The Labute approximate surface area is 80.8 Å². The molecule has 13 heavy (non-hydrogen) atoms. The van der Waals surface area contributed by atoms with E-state index in [9.17, 15) is 0 Å². The summed E-state index contributed by atoms with van der Waals surface area (Å²) in [6.07, 6.45) is 9.29. The van der Waals surface area contributed by atoms with Crippen LogP contribution in [0, 0.1) is 11.3 Å². The highest BCUT2D eigenvalue weighted by atomic mass is 15.2. The number of nitrogens with one attached hydrogen (secondary N) is 1. The Morgan fingerprint density at radius 1 is 0.923 bits per heavy atom. The van der Waals surface area contributed by atoms with Crippen molar-refractivity contribution in [3.05, 3.63) is 0 Å². The Morgan fingerprint density at radius 3 is 2.00 bits per heavy atom. The normalized spacial score (nSPS) is 25.1. The molecule has 2 rings (SSSR count). The van der Waals surface area contributed by atoms with Gasteiger partial charge >= 0.3 is 0 Å². The second-order valence-electron chi connectivity index (χ2n) is 4.41. The zero-order chi connectivity index (χ0) is 9.10. The van der Waals surface area contributed by atoms with Gasteiger partial charge < -0.3 is 4.90 Å². The number of rotatable bonds is 1. The average molecular weight is 180 g/mol. The first-order chi connectivity index (χ1) is 6.38. The van der Waals surface area contributed by atoms with Gasteiger partial charge in [0, 0.05) is 19.0 Å². The van der Waals surface area contributed by atoms with Crippen molar-refractivity contribution in [2.45, 2.75) is 44.9 Å². The molecule has 0 radical (unpaired) electrons. The Hall–Kier alpha value is -0.530. The molecule has 0 aromatic heterocycles. The highest BCUT2D eigenvalue weighted by Gasteiger charge is 2.29. The molecule has 1 heterocycles. The summed E-state index contributed by atoms with van der Waals surface area (Å²) in [5.41, 5.74) is 0. The lowest BCUT2D eigenvalue weighted by atomic mass is 10.1. The minimum atomic E-state index is 0.638. The number of hydrogen-bond acceptors (Lipinski definition) is 1. The van der Waals surface area contributed by atoms with Crippen molar-refractivity contribution >= 4 is 5.84 Å². The monoisotopic (exact) mass is 180 g/mol. The topological polar surface area (TPSA) is 27.1 Å². The zero-order valence-electron chi connectivity index (χ0n) is 8.39.